The molecular weight excluding hydrogens is 379 g/mol. The van der Waals surface area contributed by atoms with Gasteiger partial charge in [0, 0.05) is 37.8 Å². The summed E-state index contributed by atoms with van der Waals surface area (Å²) in [4.78, 5) is 4.93. The number of aromatic nitrogens is 4. The zero-order chi connectivity index (χ0) is 20.3. The number of piperazine rings is 1. The number of aryl methyl sites for hydroxylation is 2. The van der Waals surface area contributed by atoms with Crippen LogP contribution in [0.4, 0.5) is 4.39 Å². The van der Waals surface area contributed by atoms with Gasteiger partial charge in [0.15, 0.2) is 5.82 Å². The average Bonchev–Trinajstić information content (AvgIpc) is 3.44. The first-order valence-corrected chi connectivity index (χ1v) is 10.8. The molecule has 2 aliphatic heterocycles. The molecule has 0 N–H and O–H groups in total. The highest BCUT2D eigenvalue weighted by Gasteiger charge is 2.37. The van der Waals surface area contributed by atoms with Gasteiger partial charge in [-0.25, -0.2) is 9.07 Å². The molecule has 3 heterocycles. The van der Waals surface area contributed by atoms with Gasteiger partial charge in [0.2, 0.25) is 0 Å². The van der Waals surface area contributed by atoms with Crippen molar-refractivity contribution in [2.24, 2.45) is 0 Å². The number of halogens is 1. The highest BCUT2D eigenvalue weighted by atomic mass is 19.1. The monoisotopic (exact) mass is 406 g/mol. The molecule has 2 aliphatic rings. The molecule has 0 aliphatic carbocycles. The number of benzene rings is 2. The summed E-state index contributed by atoms with van der Waals surface area (Å²) in [6, 6.07) is 17.6. The van der Waals surface area contributed by atoms with Crippen LogP contribution < -0.4 is 0 Å². The molecule has 1 aromatic heterocycles. The lowest BCUT2D eigenvalue weighted by Gasteiger charge is -2.41. The van der Waals surface area contributed by atoms with Gasteiger partial charge in [0.1, 0.15) is 11.9 Å². The zero-order valence-electron chi connectivity index (χ0n) is 17.1. The second-order valence-corrected chi connectivity index (χ2v) is 8.25. The van der Waals surface area contributed by atoms with Crippen LogP contribution in [0.15, 0.2) is 54.6 Å². The molecule has 2 fully saturated rings. The van der Waals surface area contributed by atoms with Crippen LogP contribution in [0.1, 0.15) is 35.8 Å². The minimum absolute atomic E-state index is 0.200. The first-order chi connectivity index (χ1) is 14.8. The molecule has 30 heavy (non-hydrogen) atoms. The summed E-state index contributed by atoms with van der Waals surface area (Å²) >= 11 is 0. The van der Waals surface area contributed by atoms with Crippen LogP contribution in [-0.2, 0) is 13.0 Å². The topological polar surface area (TPSA) is 50.1 Å². The minimum Gasteiger partial charge on any atom is -0.298 e. The molecule has 6 nitrogen and oxygen atoms in total. The summed E-state index contributed by atoms with van der Waals surface area (Å²) in [5.41, 5.74) is 1.89. The second-order valence-electron chi connectivity index (χ2n) is 8.25. The van der Waals surface area contributed by atoms with Gasteiger partial charge in [-0.15, -0.1) is 5.10 Å². The van der Waals surface area contributed by atoms with E-state index in [-0.39, 0.29) is 11.9 Å². The Hall–Kier alpha value is -2.64. The standard InChI is InChI=1S/C23H27FN6/c24-21-11-5-4-10-20(21)22(29-16-15-28-13-6-9-19(28)17-29)23-25-26-27-30(23)14-12-18-7-2-1-3-8-18/h1-5,7-8,10-11,19,22H,6,9,12-17H2/t19-,22+/m1/s1. The van der Waals surface area contributed by atoms with Crippen LogP contribution >= 0.6 is 0 Å². The van der Waals surface area contributed by atoms with Gasteiger partial charge in [-0.05, 0) is 47.9 Å². The Morgan fingerprint density at radius 3 is 2.70 bits per heavy atom. The molecule has 7 heteroatoms. The number of tetrazole rings is 1. The summed E-state index contributed by atoms with van der Waals surface area (Å²) in [6.45, 7) is 4.67. The van der Waals surface area contributed by atoms with Crippen molar-refractivity contribution in [3.8, 4) is 0 Å². The lowest BCUT2D eigenvalue weighted by Crippen LogP contribution is -2.51. The molecule has 2 saturated heterocycles. The molecular formula is C23H27FN6. The number of hydrogen-bond acceptors (Lipinski definition) is 5. The molecule has 2 atom stereocenters. The van der Waals surface area contributed by atoms with Crippen molar-refractivity contribution in [2.75, 3.05) is 26.2 Å². The Morgan fingerprint density at radius 2 is 1.83 bits per heavy atom. The second kappa shape index (κ2) is 8.62. The van der Waals surface area contributed by atoms with E-state index in [9.17, 15) is 4.39 Å². The SMILES string of the molecule is Fc1ccccc1[C@@H](c1nnnn1CCc1ccccc1)N1CCN2CCC[C@@H]2C1. The smallest absolute Gasteiger partial charge is 0.173 e. The minimum atomic E-state index is -0.278. The third-order valence-electron chi connectivity index (χ3n) is 6.44. The van der Waals surface area contributed by atoms with Crippen molar-refractivity contribution in [3.63, 3.8) is 0 Å². The number of rotatable bonds is 6. The van der Waals surface area contributed by atoms with Crippen LogP contribution in [0.25, 0.3) is 0 Å². The molecule has 0 bridgehead atoms. The third kappa shape index (κ3) is 3.87. The van der Waals surface area contributed by atoms with Gasteiger partial charge in [-0.1, -0.05) is 48.5 Å². The van der Waals surface area contributed by atoms with Crippen LogP contribution in [0.2, 0.25) is 0 Å². The molecule has 0 saturated carbocycles. The van der Waals surface area contributed by atoms with Crippen molar-refractivity contribution < 1.29 is 4.39 Å². The molecule has 2 aromatic carbocycles. The van der Waals surface area contributed by atoms with Crippen molar-refractivity contribution >= 4 is 0 Å². The fourth-order valence-electron chi connectivity index (χ4n) is 4.89. The van der Waals surface area contributed by atoms with Gasteiger partial charge in [-0.3, -0.25) is 9.80 Å². The molecule has 0 amide bonds. The van der Waals surface area contributed by atoms with E-state index in [2.05, 4.69) is 37.5 Å². The van der Waals surface area contributed by atoms with Crippen LogP contribution in [0.3, 0.4) is 0 Å². The zero-order valence-corrected chi connectivity index (χ0v) is 17.1. The highest BCUT2D eigenvalue weighted by Crippen LogP contribution is 2.33. The van der Waals surface area contributed by atoms with E-state index >= 15 is 0 Å². The van der Waals surface area contributed by atoms with E-state index in [4.69, 9.17) is 0 Å². The summed E-state index contributed by atoms with van der Waals surface area (Å²) in [5, 5.41) is 12.6. The van der Waals surface area contributed by atoms with Crippen LogP contribution in [0.5, 0.6) is 0 Å². The summed E-state index contributed by atoms with van der Waals surface area (Å²) < 4.78 is 16.8. The summed E-state index contributed by atoms with van der Waals surface area (Å²) in [6.07, 6.45) is 3.29. The van der Waals surface area contributed by atoms with Gasteiger partial charge in [0.25, 0.3) is 0 Å². The number of hydrogen-bond donors (Lipinski definition) is 0. The quantitative estimate of drug-likeness (QED) is 0.630. The van der Waals surface area contributed by atoms with E-state index in [1.807, 2.05) is 35.0 Å². The van der Waals surface area contributed by atoms with Crippen molar-refractivity contribution in [1.82, 2.24) is 30.0 Å². The fourth-order valence-corrected chi connectivity index (χ4v) is 4.89. The molecule has 5 rings (SSSR count). The highest BCUT2D eigenvalue weighted by molar-refractivity contribution is 5.27. The predicted octanol–water partition coefficient (Wildman–Crippen LogP) is 2.92. The van der Waals surface area contributed by atoms with E-state index in [1.54, 1.807) is 6.07 Å². The fraction of sp³-hybridized carbons (Fsp3) is 0.435. The van der Waals surface area contributed by atoms with Gasteiger partial charge in [0.05, 0.1) is 0 Å². The van der Waals surface area contributed by atoms with E-state index in [0.29, 0.717) is 18.2 Å². The maximum absolute atomic E-state index is 14.9. The Bertz CT molecular complexity index is 975. The van der Waals surface area contributed by atoms with Gasteiger partial charge in [-0.2, -0.15) is 0 Å². The van der Waals surface area contributed by atoms with E-state index in [1.165, 1.54) is 31.0 Å². The predicted molar refractivity (Wildman–Crippen MR) is 112 cm³/mol. The van der Waals surface area contributed by atoms with Crippen LogP contribution in [-0.4, -0.2) is 62.2 Å². The number of fused-ring (bicyclic) bond motifs is 1. The normalized spacial score (nSPS) is 20.9. The third-order valence-corrected chi connectivity index (χ3v) is 6.44. The largest absolute Gasteiger partial charge is 0.298 e. The lowest BCUT2D eigenvalue weighted by atomic mass is 10.0. The summed E-state index contributed by atoms with van der Waals surface area (Å²) in [5.74, 6) is 0.524. The van der Waals surface area contributed by atoms with Crippen molar-refractivity contribution in [2.45, 2.75) is 37.9 Å². The van der Waals surface area contributed by atoms with Crippen molar-refractivity contribution in [1.29, 1.82) is 0 Å². The Labute approximate surface area is 176 Å². The maximum Gasteiger partial charge on any atom is 0.173 e. The molecule has 156 valence electrons. The van der Waals surface area contributed by atoms with Gasteiger partial charge < -0.3 is 0 Å². The van der Waals surface area contributed by atoms with E-state index < -0.39 is 0 Å². The Balaban J connectivity index is 1.45. The van der Waals surface area contributed by atoms with E-state index in [0.717, 1.165) is 31.9 Å². The Morgan fingerprint density at radius 1 is 1.00 bits per heavy atom. The van der Waals surface area contributed by atoms with Crippen molar-refractivity contribution in [3.05, 3.63) is 77.4 Å². The Kier molecular flexibility index (Phi) is 5.55. The lowest BCUT2D eigenvalue weighted by molar-refractivity contribution is 0.0781. The first kappa shape index (κ1) is 19.3. The average molecular weight is 407 g/mol. The van der Waals surface area contributed by atoms with Crippen LogP contribution in [0, 0.1) is 5.82 Å². The molecule has 0 unspecified atom stereocenters. The summed E-state index contributed by atoms with van der Waals surface area (Å²) in [7, 11) is 0. The molecule has 0 radical (unpaired) electrons. The molecule has 3 aromatic rings. The number of nitrogens with zero attached hydrogens (tertiary/aromatic N) is 6. The maximum atomic E-state index is 14.9. The molecule has 0 spiro atoms. The van der Waals surface area contributed by atoms with Gasteiger partial charge >= 0.3 is 0 Å². The first-order valence-electron chi connectivity index (χ1n) is 10.8.